The first kappa shape index (κ1) is 27.2. The Kier molecular flexibility index (Phi) is 10.9. The maximum Gasteiger partial charge on any atom is 0.328 e. The van der Waals surface area contributed by atoms with Crippen LogP contribution in [0.4, 0.5) is 0 Å². The lowest BCUT2D eigenvalue weighted by molar-refractivity contribution is -0.145. The van der Waals surface area contributed by atoms with E-state index >= 15 is 0 Å². The molecule has 9 N–H and O–H groups in total. The number of carboxylic acids is 1. The van der Waals surface area contributed by atoms with E-state index in [0.717, 1.165) is 0 Å². The molecule has 0 aliphatic heterocycles. The lowest BCUT2D eigenvalue weighted by Gasteiger charge is -2.24. The van der Waals surface area contributed by atoms with Gasteiger partial charge in [-0.15, -0.1) is 0 Å². The molecule has 0 aliphatic rings. The number of hydrogen-bond donors (Lipinski definition) is 9. The summed E-state index contributed by atoms with van der Waals surface area (Å²) in [5.41, 5.74) is 6.49. The van der Waals surface area contributed by atoms with E-state index in [9.17, 15) is 34.5 Å². The van der Waals surface area contributed by atoms with Gasteiger partial charge in [-0.3, -0.25) is 14.4 Å². The summed E-state index contributed by atoms with van der Waals surface area (Å²) in [5.74, 6) is -4.23. The van der Waals surface area contributed by atoms with E-state index in [1.165, 1.54) is 19.1 Å². The van der Waals surface area contributed by atoms with E-state index in [2.05, 4.69) is 28.6 Å². The number of benzene rings is 1. The summed E-state index contributed by atoms with van der Waals surface area (Å²) in [4.78, 5) is 48.1. The number of carbonyl (C=O) groups excluding carboxylic acids is 3. The number of amides is 3. The Morgan fingerprint density at radius 1 is 1.00 bits per heavy atom. The zero-order valence-electron chi connectivity index (χ0n) is 17.3. The van der Waals surface area contributed by atoms with Gasteiger partial charge < -0.3 is 42.1 Å². The van der Waals surface area contributed by atoms with Gasteiger partial charge in [-0.25, -0.2) is 4.79 Å². The van der Waals surface area contributed by atoms with Crippen LogP contribution in [0.5, 0.6) is 5.75 Å². The summed E-state index contributed by atoms with van der Waals surface area (Å²) < 4.78 is 0. The SMILES string of the molecule is CC(O)C(NC(=O)C(CS)NC(=O)C(CO)NC(=O)C(N)Cc1ccc(O)cc1)C(=O)O. The lowest BCUT2D eigenvalue weighted by atomic mass is 10.1. The highest BCUT2D eigenvalue weighted by Gasteiger charge is 2.31. The van der Waals surface area contributed by atoms with Crippen LogP contribution < -0.4 is 21.7 Å². The van der Waals surface area contributed by atoms with Crippen molar-refractivity contribution in [2.24, 2.45) is 5.73 Å². The van der Waals surface area contributed by atoms with Crippen molar-refractivity contribution in [1.82, 2.24) is 16.0 Å². The second-order valence-electron chi connectivity index (χ2n) is 7.03. The van der Waals surface area contributed by atoms with Crippen LogP contribution in [0.15, 0.2) is 24.3 Å². The van der Waals surface area contributed by atoms with Gasteiger partial charge in [0.2, 0.25) is 17.7 Å². The monoisotopic (exact) mass is 472 g/mol. The number of hydrogen-bond acceptors (Lipinski definition) is 9. The second kappa shape index (κ2) is 12.9. The minimum Gasteiger partial charge on any atom is -0.508 e. The van der Waals surface area contributed by atoms with Crippen LogP contribution >= 0.6 is 12.6 Å². The predicted molar refractivity (Wildman–Crippen MR) is 116 cm³/mol. The van der Waals surface area contributed by atoms with Crippen LogP contribution in [0.1, 0.15) is 12.5 Å². The largest absolute Gasteiger partial charge is 0.508 e. The fourth-order valence-electron chi connectivity index (χ4n) is 2.56. The molecule has 32 heavy (non-hydrogen) atoms. The van der Waals surface area contributed by atoms with Gasteiger partial charge in [-0.2, -0.15) is 12.6 Å². The molecule has 0 radical (unpaired) electrons. The highest BCUT2D eigenvalue weighted by atomic mass is 32.1. The van der Waals surface area contributed by atoms with E-state index in [4.69, 9.17) is 10.8 Å². The van der Waals surface area contributed by atoms with Gasteiger partial charge in [0.25, 0.3) is 0 Å². The molecule has 3 amide bonds. The van der Waals surface area contributed by atoms with Crippen LogP contribution in [-0.2, 0) is 25.6 Å². The molecule has 13 heteroatoms. The van der Waals surface area contributed by atoms with Crippen molar-refractivity contribution in [1.29, 1.82) is 0 Å². The van der Waals surface area contributed by atoms with Crippen LogP contribution in [-0.4, -0.2) is 86.7 Å². The molecule has 1 rings (SSSR count). The molecule has 0 heterocycles. The zero-order valence-corrected chi connectivity index (χ0v) is 18.2. The molecule has 0 aromatic heterocycles. The third-order valence-corrected chi connectivity index (χ3v) is 4.77. The number of carboxylic acid groups (broad SMARTS) is 1. The minimum atomic E-state index is -1.60. The fraction of sp³-hybridized carbons (Fsp3) is 0.474. The standard InChI is InChI=1S/C19H28N4O8S/c1-9(25)15(19(30)31)23-18(29)14(8-32)22-17(28)13(7-24)21-16(27)12(20)6-10-2-4-11(26)5-3-10/h2-5,9,12-15,24-26,32H,6-8,20H2,1H3,(H,21,27)(H,22,28)(H,23,29)(H,30,31). The molecule has 0 spiro atoms. The Hall–Kier alpha value is -2.87. The van der Waals surface area contributed by atoms with Crippen molar-refractivity contribution >= 4 is 36.3 Å². The Bertz CT molecular complexity index is 805. The summed E-state index contributed by atoms with van der Waals surface area (Å²) >= 11 is 3.95. The number of phenolic OH excluding ortho intramolecular Hbond substituents is 1. The molecule has 178 valence electrons. The summed E-state index contributed by atoms with van der Waals surface area (Å²) in [5, 5.41) is 43.9. The van der Waals surface area contributed by atoms with Crippen molar-refractivity contribution in [2.45, 2.75) is 43.6 Å². The van der Waals surface area contributed by atoms with Crippen molar-refractivity contribution < 1.29 is 39.6 Å². The topological polar surface area (TPSA) is 211 Å². The normalized spacial score (nSPS) is 15.5. The van der Waals surface area contributed by atoms with E-state index < -0.39 is 60.6 Å². The molecule has 0 fully saturated rings. The average molecular weight is 473 g/mol. The van der Waals surface area contributed by atoms with E-state index in [1.807, 2.05) is 0 Å². The summed E-state index contributed by atoms with van der Waals surface area (Å²) in [6.07, 6.45) is -1.30. The van der Waals surface area contributed by atoms with E-state index in [0.29, 0.717) is 5.56 Å². The number of aromatic hydroxyl groups is 1. The van der Waals surface area contributed by atoms with Crippen LogP contribution in [0, 0.1) is 0 Å². The van der Waals surface area contributed by atoms with Gasteiger partial charge in [-0.1, -0.05) is 12.1 Å². The van der Waals surface area contributed by atoms with E-state index in [1.54, 1.807) is 12.1 Å². The maximum atomic E-state index is 12.4. The Balaban J connectivity index is 2.72. The molecule has 5 atom stereocenters. The summed E-state index contributed by atoms with van der Waals surface area (Å²) in [6, 6.07) is 0.607. The fourth-order valence-corrected chi connectivity index (χ4v) is 2.82. The van der Waals surface area contributed by atoms with Crippen LogP contribution in [0.25, 0.3) is 0 Å². The third-order valence-electron chi connectivity index (χ3n) is 4.41. The zero-order chi connectivity index (χ0) is 24.4. The van der Waals surface area contributed by atoms with E-state index in [-0.39, 0.29) is 17.9 Å². The van der Waals surface area contributed by atoms with Crippen LogP contribution in [0.2, 0.25) is 0 Å². The number of nitrogens with one attached hydrogen (secondary N) is 3. The molecular weight excluding hydrogens is 444 g/mol. The number of rotatable bonds is 12. The molecule has 1 aromatic rings. The molecule has 0 bridgehead atoms. The van der Waals surface area contributed by atoms with Gasteiger partial charge in [-0.05, 0) is 31.0 Å². The predicted octanol–water partition coefficient (Wildman–Crippen LogP) is -2.90. The first-order valence-corrected chi connectivity index (χ1v) is 10.2. The second-order valence-corrected chi connectivity index (χ2v) is 7.39. The van der Waals surface area contributed by atoms with Crippen molar-refractivity contribution in [2.75, 3.05) is 12.4 Å². The Morgan fingerprint density at radius 2 is 1.53 bits per heavy atom. The Morgan fingerprint density at radius 3 is 2.00 bits per heavy atom. The molecule has 0 saturated heterocycles. The van der Waals surface area contributed by atoms with Gasteiger partial charge in [0.1, 0.15) is 17.8 Å². The summed E-state index contributed by atoms with van der Waals surface area (Å²) in [7, 11) is 0. The minimum absolute atomic E-state index is 0.0506. The van der Waals surface area contributed by atoms with Gasteiger partial charge in [0.05, 0.1) is 18.8 Å². The molecule has 5 unspecified atom stereocenters. The maximum absolute atomic E-state index is 12.4. The molecule has 0 aliphatic carbocycles. The lowest BCUT2D eigenvalue weighted by Crippen LogP contribution is -2.59. The molecule has 12 nitrogen and oxygen atoms in total. The number of phenols is 1. The first-order chi connectivity index (χ1) is 15.0. The quantitative estimate of drug-likeness (QED) is 0.143. The van der Waals surface area contributed by atoms with Crippen LogP contribution in [0.3, 0.4) is 0 Å². The number of thiol groups is 1. The Labute approximate surface area is 189 Å². The van der Waals surface area contributed by atoms with Gasteiger partial charge in [0, 0.05) is 5.75 Å². The molecular formula is C19H28N4O8S. The first-order valence-electron chi connectivity index (χ1n) is 9.57. The number of aliphatic hydroxyl groups excluding tert-OH is 2. The van der Waals surface area contributed by atoms with Crippen molar-refractivity contribution in [3.63, 3.8) is 0 Å². The number of carbonyl (C=O) groups is 4. The third kappa shape index (κ3) is 8.34. The smallest absolute Gasteiger partial charge is 0.328 e. The van der Waals surface area contributed by atoms with Crippen molar-refractivity contribution in [3.8, 4) is 5.75 Å². The van der Waals surface area contributed by atoms with Crippen molar-refractivity contribution in [3.05, 3.63) is 29.8 Å². The number of nitrogens with two attached hydrogens (primary N) is 1. The number of aliphatic hydroxyl groups is 2. The molecule has 1 aromatic carbocycles. The molecule has 0 saturated carbocycles. The average Bonchev–Trinajstić information content (AvgIpc) is 2.74. The highest BCUT2D eigenvalue weighted by Crippen LogP contribution is 2.11. The van der Waals surface area contributed by atoms with Gasteiger partial charge in [0.15, 0.2) is 6.04 Å². The summed E-state index contributed by atoms with van der Waals surface area (Å²) in [6.45, 7) is 0.377. The van der Waals surface area contributed by atoms with Gasteiger partial charge >= 0.3 is 5.97 Å². The number of aliphatic carboxylic acids is 1. The highest BCUT2D eigenvalue weighted by molar-refractivity contribution is 7.80.